The molecule has 4 aromatic rings. The van der Waals surface area contributed by atoms with Crippen molar-refractivity contribution in [3.63, 3.8) is 0 Å². The lowest BCUT2D eigenvalue weighted by atomic mass is 9.97. The van der Waals surface area contributed by atoms with E-state index >= 15 is 0 Å². The Kier molecular flexibility index (Phi) is 7.59. The lowest BCUT2D eigenvalue weighted by Crippen LogP contribution is -2.41. The van der Waals surface area contributed by atoms with Gasteiger partial charge in [-0.25, -0.2) is 0 Å². The topological polar surface area (TPSA) is 49.1 Å². The van der Waals surface area contributed by atoms with Gasteiger partial charge in [0.05, 0.1) is 19.8 Å². The van der Waals surface area contributed by atoms with Crippen LogP contribution in [0.2, 0.25) is 0 Å². The van der Waals surface area contributed by atoms with E-state index in [1.54, 1.807) is 22.7 Å². The summed E-state index contributed by atoms with van der Waals surface area (Å²) in [6.07, 6.45) is 0. The predicted octanol–water partition coefficient (Wildman–Crippen LogP) is 5.02. The lowest BCUT2D eigenvalue weighted by Gasteiger charge is -2.30. The second-order valence-corrected chi connectivity index (χ2v) is 10.5. The quantitative estimate of drug-likeness (QED) is 0.335. The summed E-state index contributed by atoms with van der Waals surface area (Å²) in [5.41, 5.74) is 0.0171. The fourth-order valence-electron chi connectivity index (χ4n) is 4.37. The molecule has 1 saturated heterocycles. The first-order valence-electron chi connectivity index (χ1n) is 11.7. The first kappa shape index (κ1) is 23.5. The number of rotatable bonds is 10. The van der Waals surface area contributed by atoms with E-state index in [1.165, 1.54) is 5.56 Å². The van der Waals surface area contributed by atoms with Crippen LogP contribution in [0.15, 0.2) is 81.9 Å². The van der Waals surface area contributed by atoms with Gasteiger partial charge in [0.2, 0.25) is 0 Å². The molecule has 0 amide bonds. The van der Waals surface area contributed by atoms with Crippen molar-refractivity contribution in [3.05, 3.63) is 104 Å². The Morgan fingerprint density at radius 2 is 1.56 bits per heavy atom. The Morgan fingerprint density at radius 3 is 2.21 bits per heavy atom. The largest absolute Gasteiger partial charge is 0.461 e. The third-order valence-corrected chi connectivity index (χ3v) is 8.20. The standard InChI is InChI=1S/C27H30N2O3S2/c30-27(25-8-4-18-33-25,26-9-5-19-34-26)24-11-10-23(32-24)21-29(20-22-6-2-1-3-7-22)13-12-28-14-16-31-17-15-28/h1-11,18-19,30H,12-17,20-21H2. The molecule has 34 heavy (non-hydrogen) atoms. The van der Waals surface area contributed by atoms with Crippen LogP contribution in [0, 0.1) is 0 Å². The van der Waals surface area contributed by atoms with Crippen LogP contribution in [0.4, 0.5) is 0 Å². The first-order chi connectivity index (χ1) is 16.7. The highest BCUT2D eigenvalue weighted by Gasteiger charge is 2.39. The second kappa shape index (κ2) is 11.0. The zero-order chi connectivity index (χ0) is 23.2. The van der Waals surface area contributed by atoms with E-state index in [4.69, 9.17) is 9.15 Å². The molecule has 1 fully saturated rings. The molecular formula is C27H30N2O3S2. The summed E-state index contributed by atoms with van der Waals surface area (Å²) in [4.78, 5) is 6.61. The normalized spacial score (nSPS) is 15.2. The molecule has 0 atom stereocenters. The highest BCUT2D eigenvalue weighted by Crippen LogP contribution is 2.41. The van der Waals surface area contributed by atoms with Crippen molar-refractivity contribution in [2.75, 3.05) is 39.4 Å². The van der Waals surface area contributed by atoms with Gasteiger partial charge in [0.1, 0.15) is 11.5 Å². The van der Waals surface area contributed by atoms with Crippen LogP contribution in [0.1, 0.15) is 26.8 Å². The molecule has 0 saturated carbocycles. The van der Waals surface area contributed by atoms with E-state index in [0.29, 0.717) is 12.3 Å². The van der Waals surface area contributed by atoms with Gasteiger partial charge >= 0.3 is 0 Å². The van der Waals surface area contributed by atoms with Gasteiger partial charge in [-0.2, -0.15) is 0 Å². The molecule has 0 radical (unpaired) electrons. The Morgan fingerprint density at radius 1 is 0.853 bits per heavy atom. The summed E-state index contributed by atoms with van der Waals surface area (Å²) in [6.45, 7) is 7.06. The molecule has 5 nitrogen and oxygen atoms in total. The Labute approximate surface area is 208 Å². The summed E-state index contributed by atoms with van der Waals surface area (Å²) in [5.74, 6) is 1.43. The van der Waals surface area contributed by atoms with Gasteiger partial charge in [0.15, 0.2) is 5.60 Å². The van der Waals surface area contributed by atoms with Gasteiger partial charge in [-0.05, 0) is 40.6 Å². The van der Waals surface area contributed by atoms with E-state index in [-0.39, 0.29) is 0 Å². The molecule has 1 N–H and O–H groups in total. The fourth-order valence-corrected chi connectivity index (χ4v) is 6.12. The summed E-state index contributed by atoms with van der Waals surface area (Å²) in [7, 11) is 0. The average molecular weight is 495 g/mol. The number of ether oxygens (including phenoxy) is 1. The van der Waals surface area contributed by atoms with Crippen LogP contribution in [-0.4, -0.2) is 54.3 Å². The molecule has 1 aliphatic rings. The van der Waals surface area contributed by atoms with E-state index in [2.05, 4.69) is 40.1 Å². The van der Waals surface area contributed by atoms with Gasteiger partial charge in [-0.1, -0.05) is 42.5 Å². The van der Waals surface area contributed by atoms with E-state index in [9.17, 15) is 5.11 Å². The van der Waals surface area contributed by atoms with Crippen molar-refractivity contribution in [3.8, 4) is 0 Å². The number of hydrogen-bond donors (Lipinski definition) is 1. The zero-order valence-electron chi connectivity index (χ0n) is 19.1. The monoisotopic (exact) mass is 494 g/mol. The van der Waals surface area contributed by atoms with Crippen LogP contribution >= 0.6 is 22.7 Å². The average Bonchev–Trinajstić information content (AvgIpc) is 3.67. The number of hydrogen-bond acceptors (Lipinski definition) is 7. The molecule has 3 aromatic heterocycles. The molecule has 0 spiro atoms. The Bertz CT molecular complexity index is 1090. The maximum Gasteiger partial charge on any atom is 0.191 e. The summed E-state index contributed by atoms with van der Waals surface area (Å²) >= 11 is 3.08. The predicted molar refractivity (Wildman–Crippen MR) is 137 cm³/mol. The zero-order valence-corrected chi connectivity index (χ0v) is 20.8. The molecule has 5 rings (SSSR count). The van der Waals surface area contributed by atoms with Crippen LogP contribution in [0.25, 0.3) is 0 Å². The molecule has 1 aromatic carbocycles. The summed E-state index contributed by atoms with van der Waals surface area (Å²) < 4.78 is 11.8. The molecule has 178 valence electrons. The van der Waals surface area contributed by atoms with Crippen molar-refractivity contribution in [1.29, 1.82) is 0 Å². The van der Waals surface area contributed by atoms with Gasteiger partial charge in [0, 0.05) is 42.5 Å². The molecular weight excluding hydrogens is 464 g/mol. The SMILES string of the molecule is OC(c1ccc(CN(CCN2CCOCC2)Cc2ccccc2)o1)(c1cccs1)c1cccs1. The van der Waals surface area contributed by atoms with Crippen LogP contribution in [0.5, 0.6) is 0 Å². The van der Waals surface area contributed by atoms with E-state index < -0.39 is 5.60 Å². The van der Waals surface area contributed by atoms with Gasteiger partial charge in [-0.15, -0.1) is 22.7 Å². The van der Waals surface area contributed by atoms with Gasteiger partial charge < -0.3 is 14.3 Å². The number of aliphatic hydroxyl groups is 1. The maximum absolute atomic E-state index is 11.9. The smallest absolute Gasteiger partial charge is 0.191 e. The van der Waals surface area contributed by atoms with Crippen molar-refractivity contribution < 1.29 is 14.3 Å². The number of thiophene rings is 2. The number of nitrogens with zero attached hydrogens (tertiary/aromatic N) is 2. The lowest BCUT2D eigenvalue weighted by molar-refractivity contribution is 0.0320. The molecule has 4 heterocycles. The van der Waals surface area contributed by atoms with Crippen molar-refractivity contribution in [2.24, 2.45) is 0 Å². The molecule has 7 heteroatoms. The summed E-state index contributed by atoms with van der Waals surface area (Å²) in [6, 6.07) is 22.4. The Hall–Kier alpha value is -2.26. The first-order valence-corrected chi connectivity index (χ1v) is 13.4. The van der Waals surface area contributed by atoms with Gasteiger partial charge in [0.25, 0.3) is 0 Å². The highest BCUT2D eigenvalue weighted by molar-refractivity contribution is 7.11. The third-order valence-electron chi connectivity index (χ3n) is 6.24. The minimum atomic E-state index is -1.27. The van der Waals surface area contributed by atoms with Crippen molar-refractivity contribution in [1.82, 2.24) is 9.80 Å². The van der Waals surface area contributed by atoms with Gasteiger partial charge in [-0.3, -0.25) is 9.80 Å². The minimum absolute atomic E-state index is 0.570. The Balaban J connectivity index is 1.35. The van der Waals surface area contributed by atoms with Crippen LogP contribution < -0.4 is 0 Å². The molecule has 0 unspecified atom stereocenters. The molecule has 1 aliphatic heterocycles. The fraction of sp³-hybridized carbons (Fsp3) is 0.333. The maximum atomic E-state index is 11.9. The summed E-state index contributed by atoms with van der Waals surface area (Å²) in [5, 5.41) is 15.8. The van der Waals surface area contributed by atoms with Crippen LogP contribution in [-0.2, 0) is 23.4 Å². The number of furan rings is 1. The third kappa shape index (κ3) is 5.35. The van der Waals surface area contributed by atoms with E-state index in [1.807, 2.05) is 47.2 Å². The molecule has 0 aliphatic carbocycles. The van der Waals surface area contributed by atoms with Crippen molar-refractivity contribution >= 4 is 22.7 Å². The van der Waals surface area contributed by atoms with Crippen LogP contribution in [0.3, 0.4) is 0 Å². The van der Waals surface area contributed by atoms with E-state index in [0.717, 1.165) is 61.5 Å². The van der Waals surface area contributed by atoms with Crippen molar-refractivity contribution in [2.45, 2.75) is 18.7 Å². The second-order valence-electron chi connectivity index (χ2n) is 8.58. The highest BCUT2D eigenvalue weighted by atomic mass is 32.1. The molecule has 0 bridgehead atoms. The number of benzene rings is 1. The minimum Gasteiger partial charge on any atom is -0.461 e. The number of morpholine rings is 1.